The van der Waals surface area contributed by atoms with Gasteiger partial charge in [-0.2, -0.15) is 0 Å². The number of hydrogen-bond donors (Lipinski definition) is 2. The van der Waals surface area contributed by atoms with Gasteiger partial charge >= 0.3 is 0 Å². The Bertz CT molecular complexity index is 791. The zero-order valence-electron chi connectivity index (χ0n) is 13.3. The first-order valence-corrected chi connectivity index (χ1v) is 8.27. The average molecular weight is 303 g/mol. The molecule has 3 heteroatoms. The third-order valence-corrected chi connectivity index (χ3v) is 4.60. The molecule has 4 rings (SSSR count). The van der Waals surface area contributed by atoms with Crippen molar-refractivity contribution in [3.05, 3.63) is 66.6 Å². The third-order valence-electron chi connectivity index (χ3n) is 4.60. The van der Waals surface area contributed by atoms with E-state index in [1.165, 1.54) is 23.1 Å². The lowest BCUT2D eigenvalue weighted by molar-refractivity contribution is 0.564. The smallest absolute Gasteiger partial charge is 0.123 e. The predicted molar refractivity (Wildman–Crippen MR) is 94.0 cm³/mol. The predicted octanol–water partition coefficient (Wildman–Crippen LogP) is 4.56. The minimum Gasteiger partial charge on any atom is -0.341 e. The highest BCUT2D eigenvalue weighted by Crippen LogP contribution is 2.32. The summed E-state index contributed by atoms with van der Waals surface area (Å²) in [4.78, 5) is 8.15. The van der Waals surface area contributed by atoms with Crippen LogP contribution < -0.4 is 5.32 Å². The molecule has 0 saturated carbocycles. The molecule has 1 aliphatic heterocycles. The molecule has 0 radical (unpaired) electrons. The van der Waals surface area contributed by atoms with Crippen LogP contribution in [0.25, 0.3) is 22.4 Å². The van der Waals surface area contributed by atoms with Crippen LogP contribution in [-0.4, -0.2) is 16.0 Å². The first kappa shape index (κ1) is 14.2. The second kappa shape index (κ2) is 6.01. The number of H-pyrrole nitrogens is 1. The summed E-state index contributed by atoms with van der Waals surface area (Å²) >= 11 is 0. The van der Waals surface area contributed by atoms with Crippen LogP contribution in [0.3, 0.4) is 0 Å². The van der Waals surface area contributed by atoms with Crippen LogP contribution in [0.15, 0.2) is 60.8 Å². The van der Waals surface area contributed by atoms with Gasteiger partial charge in [-0.15, -0.1) is 0 Å². The topological polar surface area (TPSA) is 40.7 Å². The summed E-state index contributed by atoms with van der Waals surface area (Å²) in [5, 5.41) is 3.59. The van der Waals surface area contributed by atoms with Gasteiger partial charge in [0.2, 0.25) is 0 Å². The second-order valence-electron chi connectivity index (χ2n) is 6.29. The molecular formula is C20H21N3. The van der Waals surface area contributed by atoms with Gasteiger partial charge in [0, 0.05) is 11.6 Å². The van der Waals surface area contributed by atoms with E-state index in [9.17, 15) is 0 Å². The van der Waals surface area contributed by atoms with E-state index in [1.54, 1.807) is 0 Å². The fourth-order valence-corrected chi connectivity index (χ4v) is 3.38. The van der Waals surface area contributed by atoms with Gasteiger partial charge in [-0.05, 0) is 30.9 Å². The van der Waals surface area contributed by atoms with Gasteiger partial charge < -0.3 is 10.3 Å². The van der Waals surface area contributed by atoms with Crippen molar-refractivity contribution in [2.24, 2.45) is 0 Å². The van der Waals surface area contributed by atoms with Crippen molar-refractivity contribution in [3.63, 3.8) is 0 Å². The minimum atomic E-state index is 0.350. The highest BCUT2D eigenvalue weighted by molar-refractivity contribution is 5.81. The lowest BCUT2D eigenvalue weighted by Crippen LogP contribution is -2.21. The molecule has 2 N–H and O–H groups in total. The Balaban J connectivity index is 1.71. The summed E-state index contributed by atoms with van der Waals surface area (Å²) in [5.74, 6) is 1.05. The molecule has 1 fully saturated rings. The fraction of sp³-hybridized carbons (Fsp3) is 0.250. The number of nitrogens with one attached hydrogen (secondary N) is 2. The van der Waals surface area contributed by atoms with Gasteiger partial charge in [-0.3, -0.25) is 0 Å². The Morgan fingerprint density at radius 3 is 2.39 bits per heavy atom. The van der Waals surface area contributed by atoms with Crippen LogP contribution in [-0.2, 0) is 0 Å². The number of imidazole rings is 1. The highest BCUT2D eigenvalue weighted by Gasteiger charge is 2.24. The number of nitrogens with zero attached hydrogens (tertiary/aromatic N) is 1. The first-order valence-electron chi connectivity index (χ1n) is 8.27. The maximum absolute atomic E-state index is 4.63. The lowest BCUT2D eigenvalue weighted by atomic mass is 9.98. The summed E-state index contributed by atoms with van der Waals surface area (Å²) in [6.45, 7) is 2.23. The number of rotatable bonds is 3. The summed E-state index contributed by atoms with van der Waals surface area (Å²) in [6, 6.07) is 19.9. The molecule has 0 bridgehead atoms. The lowest BCUT2D eigenvalue weighted by Gasteiger charge is -2.10. The van der Waals surface area contributed by atoms with Gasteiger partial charge in [0.05, 0.1) is 17.9 Å². The maximum Gasteiger partial charge on any atom is 0.123 e. The van der Waals surface area contributed by atoms with Crippen LogP contribution in [0.2, 0.25) is 0 Å². The monoisotopic (exact) mass is 303 g/mol. The Morgan fingerprint density at radius 1 is 0.913 bits per heavy atom. The van der Waals surface area contributed by atoms with Crippen molar-refractivity contribution in [2.45, 2.75) is 31.8 Å². The largest absolute Gasteiger partial charge is 0.341 e. The minimum absolute atomic E-state index is 0.350. The number of hydrogen-bond acceptors (Lipinski definition) is 2. The van der Waals surface area contributed by atoms with Crippen LogP contribution in [0.5, 0.6) is 0 Å². The fourth-order valence-electron chi connectivity index (χ4n) is 3.38. The standard InChI is InChI=1S/C20H21N3/c1-14-11-12-18(22-14)20-21-13-19(23-20)17-10-6-5-9-16(17)15-7-3-2-4-8-15/h2-10,13-14,18,22H,11-12H2,1H3,(H,21,23)/t14-,18-/m0/s1. The van der Waals surface area contributed by atoms with E-state index in [1.807, 2.05) is 12.3 Å². The molecule has 3 nitrogen and oxygen atoms in total. The van der Waals surface area contributed by atoms with E-state index in [0.717, 1.165) is 17.9 Å². The van der Waals surface area contributed by atoms with Gasteiger partial charge in [0.25, 0.3) is 0 Å². The molecule has 0 spiro atoms. The molecule has 3 aromatic rings. The average Bonchev–Trinajstić information content (AvgIpc) is 3.24. The van der Waals surface area contributed by atoms with Gasteiger partial charge in [0.1, 0.15) is 5.82 Å². The molecule has 2 aromatic carbocycles. The zero-order chi connectivity index (χ0) is 15.6. The van der Waals surface area contributed by atoms with Crippen molar-refractivity contribution < 1.29 is 0 Å². The molecule has 1 saturated heterocycles. The third kappa shape index (κ3) is 2.80. The molecule has 0 unspecified atom stereocenters. The Morgan fingerprint density at radius 2 is 1.65 bits per heavy atom. The normalized spacial score (nSPS) is 20.7. The van der Waals surface area contributed by atoms with Crippen LogP contribution in [0.4, 0.5) is 0 Å². The Hall–Kier alpha value is -2.39. The number of aromatic amines is 1. The zero-order valence-corrected chi connectivity index (χ0v) is 13.3. The van der Waals surface area contributed by atoms with Crippen molar-refractivity contribution >= 4 is 0 Å². The Labute approximate surface area is 136 Å². The van der Waals surface area contributed by atoms with E-state index in [-0.39, 0.29) is 0 Å². The molecule has 2 heterocycles. The first-order chi connectivity index (χ1) is 11.3. The van der Waals surface area contributed by atoms with Crippen molar-refractivity contribution in [1.82, 2.24) is 15.3 Å². The van der Waals surface area contributed by atoms with Crippen molar-refractivity contribution in [1.29, 1.82) is 0 Å². The van der Waals surface area contributed by atoms with Crippen LogP contribution in [0.1, 0.15) is 31.6 Å². The molecule has 0 amide bonds. The van der Waals surface area contributed by atoms with Gasteiger partial charge in [-0.25, -0.2) is 4.98 Å². The molecule has 2 atom stereocenters. The Kier molecular flexibility index (Phi) is 3.72. The second-order valence-corrected chi connectivity index (χ2v) is 6.29. The van der Waals surface area contributed by atoms with E-state index >= 15 is 0 Å². The molecular weight excluding hydrogens is 282 g/mol. The van der Waals surface area contributed by atoms with E-state index < -0.39 is 0 Å². The maximum atomic E-state index is 4.63. The number of aromatic nitrogens is 2. The van der Waals surface area contributed by atoms with E-state index in [0.29, 0.717) is 12.1 Å². The quantitative estimate of drug-likeness (QED) is 0.745. The van der Waals surface area contributed by atoms with Crippen molar-refractivity contribution in [3.8, 4) is 22.4 Å². The van der Waals surface area contributed by atoms with Gasteiger partial charge in [0.15, 0.2) is 0 Å². The molecule has 1 aliphatic rings. The molecule has 23 heavy (non-hydrogen) atoms. The van der Waals surface area contributed by atoms with Gasteiger partial charge in [-0.1, -0.05) is 54.6 Å². The van der Waals surface area contributed by atoms with E-state index in [4.69, 9.17) is 0 Å². The number of benzene rings is 2. The van der Waals surface area contributed by atoms with Crippen LogP contribution in [0, 0.1) is 0 Å². The van der Waals surface area contributed by atoms with Crippen LogP contribution >= 0.6 is 0 Å². The summed E-state index contributed by atoms with van der Waals surface area (Å²) in [5.41, 5.74) is 4.74. The SMILES string of the molecule is C[C@H]1CC[C@@H](c2ncc(-c3ccccc3-c3ccccc3)[nH]2)N1. The molecule has 0 aliphatic carbocycles. The highest BCUT2D eigenvalue weighted by atomic mass is 15.1. The summed E-state index contributed by atoms with van der Waals surface area (Å²) in [7, 11) is 0. The summed E-state index contributed by atoms with van der Waals surface area (Å²) in [6.07, 6.45) is 4.32. The molecule has 116 valence electrons. The summed E-state index contributed by atoms with van der Waals surface area (Å²) < 4.78 is 0. The van der Waals surface area contributed by atoms with E-state index in [2.05, 4.69) is 70.7 Å². The van der Waals surface area contributed by atoms with Crippen molar-refractivity contribution in [2.75, 3.05) is 0 Å². The molecule has 1 aromatic heterocycles.